The summed E-state index contributed by atoms with van der Waals surface area (Å²) in [7, 11) is -3.67. The lowest BCUT2D eigenvalue weighted by Crippen LogP contribution is -2.51. The minimum absolute atomic E-state index is 0.0717. The van der Waals surface area contributed by atoms with E-state index in [0.717, 1.165) is 27.3 Å². The van der Waals surface area contributed by atoms with Crippen LogP contribution in [0.3, 0.4) is 0 Å². The SMILES string of the molecule is C[C@H](C(=O)NCCc1ccccc1)N(Cc1ccccc1)C(=O)CN(Cc1ccccc1)S(C)(=O)=O. The van der Waals surface area contributed by atoms with Gasteiger partial charge in [0, 0.05) is 19.6 Å². The molecule has 7 nitrogen and oxygen atoms in total. The van der Waals surface area contributed by atoms with Crippen LogP contribution in [-0.2, 0) is 39.1 Å². The van der Waals surface area contributed by atoms with E-state index >= 15 is 0 Å². The van der Waals surface area contributed by atoms with Gasteiger partial charge in [0.2, 0.25) is 21.8 Å². The maximum atomic E-state index is 13.5. The Morgan fingerprint density at radius 3 is 1.75 bits per heavy atom. The lowest BCUT2D eigenvalue weighted by Gasteiger charge is -2.31. The van der Waals surface area contributed by atoms with Crippen LogP contribution in [0.1, 0.15) is 23.6 Å². The number of sulfonamides is 1. The average Bonchev–Trinajstić information content (AvgIpc) is 2.87. The van der Waals surface area contributed by atoms with Crippen LogP contribution in [-0.4, -0.2) is 54.8 Å². The molecular weight excluding hydrogens is 474 g/mol. The summed E-state index contributed by atoms with van der Waals surface area (Å²) in [4.78, 5) is 27.9. The second kappa shape index (κ2) is 13.0. The Morgan fingerprint density at radius 2 is 1.25 bits per heavy atom. The van der Waals surface area contributed by atoms with Gasteiger partial charge in [0.1, 0.15) is 6.04 Å². The molecule has 0 aliphatic rings. The fourth-order valence-electron chi connectivity index (χ4n) is 3.80. The Bertz CT molecular complexity index is 1220. The van der Waals surface area contributed by atoms with Crippen LogP contribution in [0.25, 0.3) is 0 Å². The van der Waals surface area contributed by atoms with Gasteiger partial charge in [0.15, 0.2) is 0 Å². The Kier molecular flexibility index (Phi) is 9.78. The molecule has 0 radical (unpaired) electrons. The van der Waals surface area contributed by atoms with E-state index in [-0.39, 0.29) is 25.5 Å². The molecule has 0 saturated carbocycles. The Hall–Kier alpha value is -3.49. The molecular formula is C28H33N3O4S. The number of carbonyl (C=O) groups excluding carboxylic acids is 2. The summed E-state index contributed by atoms with van der Waals surface area (Å²) >= 11 is 0. The monoisotopic (exact) mass is 507 g/mol. The van der Waals surface area contributed by atoms with Gasteiger partial charge in [-0.2, -0.15) is 4.31 Å². The largest absolute Gasteiger partial charge is 0.354 e. The number of nitrogens with zero attached hydrogens (tertiary/aromatic N) is 2. The second-order valence-corrected chi connectivity index (χ2v) is 10.7. The van der Waals surface area contributed by atoms with Gasteiger partial charge in [-0.05, 0) is 30.0 Å². The Labute approximate surface area is 213 Å². The van der Waals surface area contributed by atoms with Gasteiger partial charge in [-0.1, -0.05) is 91.0 Å². The number of hydrogen-bond acceptors (Lipinski definition) is 4. The highest BCUT2D eigenvalue weighted by Crippen LogP contribution is 2.14. The van der Waals surface area contributed by atoms with E-state index in [4.69, 9.17) is 0 Å². The molecule has 2 amide bonds. The Morgan fingerprint density at radius 1 is 0.778 bits per heavy atom. The van der Waals surface area contributed by atoms with Crippen LogP contribution in [0.4, 0.5) is 0 Å². The molecule has 3 rings (SSSR count). The first-order valence-electron chi connectivity index (χ1n) is 11.9. The quantitative estimate of drug-likeness (QED) is 0.408. The van der Waals surface area contributed by atoms with Gasteiger partial charge in [0.25, 0.3) is 0 Å². The molecule has 0 bridgehead atoms. The van der Waals surface area contributed by atoms with Gasteiger partial charge < -0.3 is 10.2 Å². The number of benzene rings is 3. The predicted octanol–water partition coefficient (Wildman–Crippen LogP) is 3.22. The maximum absolute atomic E-state index is 13.5. The van der Waals surface area contributed by atoms with Crippen molar-refractivity contribution in [2.24, 2.45) is 0 Å². The van der Waals surface area contributed by atoms with Crippen LogP contribution >= 0.6 is 0 Å². The topological polar surface area (TPSA) is 86.8 Å². The lowest BCUT2D eigenvalue weighted by molar-refractivity contribution is -0.140. The van der Waals surface area contributed by atoms with Gasteiger partial charge >= 0.3 is 0 Å². The zero-order valence-electron chi connectivity index (χ0n) is 20.7. The van der Waals surface area contributed by atoms with Crippen molar-refractivity contribution in [3.8, 4) is 0 Å². The standard InChI is InChI=1S/C28H33N3O4S/c1-23(28(33)29-19-18-24-12-6-3-7-13-24)31(21-26-16-10-5-11-17-26)27(32)22-30(36(2,34)35)20-25-14-8-4-9-15-25/h3-17,23H,18-22H2,1-2H3,(H,29,33)/t23-/m1/s1. The molecule has 3 aromatic rings. The van der Waals surface area contributed by atoms with Gasteiger partial charge in [0.05, 0.1) is 12.8 Å². The van der Waals surface area contributed by atoms with Crippen molar-refractivity contribution >= 4 is 21.8 Å². The number of nitrogens with one attached hydrogen (secondary N) is 1. The van der Waals surface area contributed by atoms with Gasteiger partial charge in [-0.15, -0.1) is 0 Å². The molecule has 0 aliphatic heterocycles. The van der Waals surface area contributed by atoms with E-state index in [2.05, 4.69) is 5.32 Å². The number of carbonyl (C=O) groups is 2. The first kappa shape index (κ1) is 27.1. The average molecular weight is 508 g/mol. The van der Waals surface area contributed by atoms with Crippen molar-refractivity contribution in [2.75, 3.05) is 19.3 Å². The molecule has 0 fully saturated rings. The van der Waals surface area contributed by atoms with Crippen molar-refractivity contribution < 1.29 is 18.0 Å². The third kappa shape index (κ3) is 8.32. The van der Waals surface area contributed by atoms with Crippen LogP contribution in [0.15, 0.2) is 91.0 Å². The molecule has 0 aliphatic carbocycles. The van der Waals surface area contributed by atoms with E-state index in [0.29, 0.717) is 13.0 Å². The summed E-state index contributed by atoms with van der Waals surface area (Å²) in [5.41, 5.74) is 2.73. The summed E-state index contributed by atoms with van der Waals surface area (Å²) in [5, 5.41) is 2.91. The molecule has 0 saturated heterocycles. The fourth-order valence-corrected chi connectivity index (χ4v) is 4.53. The molecule has 3 aromatic carbocycles. The van der Waals surface area contributed by atoms with Crippen LogP contribution in [0.5, 0.6) is 0 Å². The molecule has 8 heteroatoms. The zero-order chi connectivity index (χ0) is 26.0. The summed E-state index contributed by atoms with van der Waals surface area (Å²) in [5.74, 6) is -0.727. The second-order valence-electron chi connectivity index (χ2n) is 8.73. The molecule has 1 atom stereocenters. The molecule has 0 unspecified atom stereocenters. The summed E-state index contributed by atoms with van der Waals surface area (Å²) in [6, 6.07) is 27.5. The molecule has 36 heavy (non-hydrogen) atoms. The number of rotatable bonds is 12. The highest BCUT2D eigenvalue weighted by atomic mass is 32.2. The fraction of sp³-hybridized carbons (Fsp3) is 0.286. The minimum atomic E-state index is -3.67. The number of hydrogen-bond donors (Lipinski definition) is 1. The highest BCUT2D eigenvalue weighted by Gasteiger charge is 2.29. The minimum Gasteiger partial charge on any atom is -0.354 e. The van der Waals surface area contributed by atoms with Gasteiger partial charge in [-0.25, -0.2) is 8.42 Å². The Balaban J connectivity index is 1.74. The molecule has 1 N–H and O–H groups in total. The highest BCUT2D eigenvalue weighted by molar-refractivity contribution is 7.88. The van der Waals surface area contributed by atoms with E-state index in [1.54, 1.807) is 6.92 Å². The van der Waals surface area contributed by atoms with E-state index in [1.165, 1.54) is 4.90 Å². The van der Waals surface area contributed by atoms with Crippen molar-refractivity contribution in [1.82, 2.24) is 14.5 Å². The molecule has 0 spiro atoms. The summed E-state index contributed by atoms with van der Waals surface area (Å²) in [6.45, 7) is 2.00. The van der Waals surface area contributed by atoms with Crippen molar-refractivity contribution in [1.29, 1.82) is 0 Å². The maximum Gasteiger partial charge on any atom is 0.242 e. The normalized spacial score (nSPS) is 12.2. The van der Waals surface area contributed by atoms with E-state index in [1.807, 2.05) is 91.0 Å². The molecule has 0 aromatic heterocycles. The van der Waals surface area contributed by atoms with Crippen molar-refractivity contribution in [3.63, 3.8) is 0 Å². The van der Waals surface area contributed by atoms with Crippen LogP contribution in [0, 0.1) is 0 Å². The lowest BCUT2D eigenvalue weighted by atomic mass is 10.1. The first-order valence-corrected chi connectivity index (χ1v) is 13.7. The predicted molar refractivity (Wildman–Crippen MR) is 141 cm³/mol. The summed E-state index contributed by atoms with van der Waals surface area (Å²) in [6.07, 6.45) is 1.76. The van der Waals surface area contributed by atoms with E-state index < -0.39 is 22.0 Å². The van der Waals surface area contributed by atoms with Crippen LogP contribution in [0.2, 0.25) is 0 Å². The van der Waals surface area contributed by atoms with Crippen molar-refractivity contribution in [3.05, 3.63) is 108 Å². The zero-order valence-corrected chi connectivity index (χ0v) is 21.5. The third-order valence-corrected chi connectivity index (χ3v) is 7.10. The van der Waals surface area contributed by atoms with Crippen molar-refractivity contribution in [2.45, 2.75) is 32.5 Å². The smallest absolute Gasteiger partial charge is 0.242 e. The number of amides is 2. The molecule has 190 valence electrons. The third-order valence-electron chi connectivity index (χ3n) is 5.90. The molecule has 0 heterocycles. The van der Waals surface area contributed by atoms with E-state index in [9.17, 15) is 18.0 Å². The van der Waals surface area contributed by atoms with Crippen LogP contribution < -0.4 is 5.32 Å². The summed E-state index contributed by atoms with van der Waals surface area (Å²) < 4.78 is 26.2. The first-order chi connectivity index (χ1) is 17.2. The van der Waals surface area contributed by atoms with Gasteiger partial charge in [-0.3, -0.25) is 9.59 Å².